The first-order chi connectivity index (χ1) is 8.61. The number of halogens is 2. The molecule has 98 valence electrons. The molecule has 1 aliphatic rings. The third kappa shape index (κ3) is 2.87. The van der Waals surface area contributed by atoms with Gasteiger partial charge in [-0.3, -0.25) is 4.79 Å². The number of likely N-dealkylation sites (N-methyl/N-ethyl adjacent to an activating group) is 1. The van der Waals surface area contributed by atoms with Crippen molar-refractivity contribution in [1.82, 2.24) is 10.2 Å². The fourth-order valence-electron chi connectivity index (χ4n) is 2.19. The van der Waals surface area contributed by atoms with Crippen molar-refractivity contribution in [2.24, 2.45) is 0 Å². The highest BCUT2D eigenvalue weighted by Gasteiger charge is 2.24. The van der Waals surface area contributed by atoms with Crippen molar-refractivity contribution in [1.29, 1.82) is 0 Å². The van der Waals surface area contributed by atoms with Crippen LogP contribution in [-0.2, 0) is 0 Å². The van der Waals surface area contributed by atoms with E-state index in [2.05, 4.69) is 21.2 Å². The summed E-state index contributed by atoms with van der Waals surface area (Å²) in [5, 5.41) is 3.80. The first-order valence-corrected chi connectivity index (χ1v) is 7.20. The van der Waals surface area contributed by atoms with Crippen molar-refractivity contribution in [2.75, 3.05) is 20.1 Å². The van der Waals surface area contributed by atoms with E-state index in [0.717, 1.165) is 30.4 Å². The SMILES string of the molecule is CN(C(=O)c1cccc(Br)c1Cl)C1CCCNC1. The lowest BCUT2D eigenvalue weighted by atomic mass is 10.1. The van der Waals surface area contributed by atoms with E-state index in [1.807, 2.05) is 19.2 Å². The van der Waals surface area contributed by atoms with Crippen LogP contribution in [0.5, 0.6) is 0 Å². The maximum absolute atomic E-state index is 12.4. The number of carbonyl (C=O) groups excluding carboxylic acids is 1. The lowest BCUT2D eigenvalue weighted by molar-refractivity contribution is 0.0708. The fraction of sp³-hybridized carbons (Fsp3) is 0.462. The number of amides is 1. The minimum atomic E-state index is -0.0185. The number of nitrogens with one attached hydrogen (secondary N) is 1. The zero-order valence-electron chi connectivity index (χ0n) is 10.2. The molecule has 2 rings (SSSR count). The van der Waals surface area contributed by atoms with E-state index in [1.54, 1.807) is 11.0 Å². The number of benzene rings is 1. The molecule has 1 N–H and O–H groups in total. The molecule has 0 radical (unpaired) electrons. The number of hydrogen-bond donors (Lipinski definition) is 1. The Morgan fingerprint density at radius 2 is 2.33 bits per heavy atom. The molecule has 0 aromatic heterocycles. The van der Waals surface area contributed by atoms with E-state index in [-0.39, 0.29) is 11.9 Å². The Bertz CT molecular complexity index is 447. The average Bonchev–Trinajstić information content (AvgIpc) is 2.41. The van der Waals surface area contributed by atoms with Gasteiger partial charge in [-0.25, -0.2) is 0 Å². The summed E-state index contributed by atoms with van der Waals surface area (Å²) in [7, 11) is 1.84. The second-order valence-corrected chi connectivity index (χ2v) is 5.75. The highest BCUT2D eigenvalue weighted by molar-refractivity contribution is 9.10. The number of hydrogen-bond acceptors (Lipinski definition) is 2. The number of piperidine rings is 1. The van der Waals surface area contributed by atoms with Crippen molar-refractivity contribution in [2.45, 2.75) is 18.9 Å². The summed E-state index contributed by atoms with van der Waals surface area (Å²) in [5.41, 5.74) is 0.555. The Morgan fingerprint density at radius 1 is 1.56 bits per heavy atom. The smallest absolute Gasteiger partial charge is 0.255 e. The Hall–Kier alpha value is -0.580. The molecule has 1 fully saturated rings. The molecule has 1 amide bonds. The van der Waals surface area contributed by atoms with Gasteiger partial charge in [-0.05, 0) is 47.4 Å². The Kier molecular flexibility index (Phi) is 4.65. The summed E-state index contributed by atoms with van der Waals surface area (Å²) in [6.07, 6.45) is 2.15. The van der Waals surface area contributed by atoms with E-state index in [0.29, 0.717) is 10.6 Å². The van der Waals surface area contributed by atoms with Crippen molar-refractivity contribution >= 4 is 33.4 Å². The summed E-state index contributed by atoms with van der Waals surface area (Å²) in [5.74, 6) is -0.0185. The number of carbonyl (C=O) groups is 1. The third-order valence-corrected chi connectivity index (χ3v) is 4.62. The molecule has 1 aliphatic heterocycles. The largest absolute Gasteiger partial charge is 0.337 e. The molecule has 1 saturated heterocycles. The Labute approximate surface area is 121 Å². The van der Waals surface area contributed by atoms with Crippen molar-refractivity contribution < 1.29 is 4.79 Å². The fourth-order valence-corrected chi connectivity index (χ4v) is 2.76. The number of nitrogens with zero attached hydrogens (tertiary/aromatic N) is 1. The first kappa shape index (κ1) is 13.8. The monoisotopic (exact) mass is 330 g/mol. The van der Waals surface area contributed by atoms with Crippen LogP contribution in [0.2, 0.25) is 5.02 Å². The summed E-state index contributed by atoms with van der Waals surface area (Å²) < 4.78 is 0.755. The van der Waals surface area contributed by atoms with Crippen molar-refractivity contribution in [3.8, 4) is 0 Å². The molecule has 18 heavy (non-hydrogen) atoms. The molecule has 0 aliphatic carbocycles. The molecule has 0 spiro atoms. The van der Waals surface area contributed by atoms with E-state index in [9.17, 15) is 4.79 Å². The number of rotatable bonds is 2. The quantitative estimate of drug-likeness (QED) is 0.904. The van der Waals surface area contributed by atoms with Gasteiger partial charge in [0.1, 0.15) is 0 Å². The molecule has 1 atom stereocenters. The van der Waals surface area contributed by atoms with Gasteiger partial charge in [-0.1, -0.05) is 17.7 Å². The van der Waals surface area contributed by atoms with Crippen LogP contribution in [0.3, 0.4) is 0 Å². The van der Waals surface area contributed by atoms with Gasteiger partial charge in [0.05, 0.1) is 10.6 Å². The van der Waals surface area contributed by atoms with Gasteiger partial charge in [-0.15, -0.1) is 0 Å². The van der Waals surface area contributed by atoms with Crippen LogP contribution >= 0.6 is 27.5 Å². The molecule has 1 heterocycles. The minimum absolute atomic E-state index is 0.0185. The van der Waals surface area contributed by atoms with Crippen LogP contribution in [-0.4, -0.2) is 37.0 Å². The molecule has 5 heteroatoms. The van der Waals surface area contributed by atoms with Crippen molar-refractivity contribution in [3.63, 3.8) is 0 Å². The Balaban J connectivity index is 2.17. The second-order valence-electron chi connectivity index (χ2n) is 4.52. The highest BCUT2D eigenvalue weighted by atomic mass is 79.9. The van der Waals surface area contributed by atoms with E-state index in [1.165, 1.54) is 0 Å². The molecule has 1 unspecified atom stereocenters. The van der Waals surface area contributed by atoms with E-state index in [4.69, 9.17) is 11.6 Å². The van der Waals surface area contributed by atoms with E-state index >= 15 is 0 Å². The summed E-state index contributed by atoms with van der Waals surface area (Å²) in [6, 6.07) is 5.68. The molecule has 0 saturated carbocycles. The average molecular weight is 332 g/mol. The van der Waals surface area contributed by atoms with Gasteiger partial charge in [0.2, 0.25) is 0 Å². The van der Waals surface area contributed by atoms with Crippen LogP contribution in [0.25, 0.3) is 0 Å². The normalized spacial score (nSPS) is 19.6. The van der Waals surface area contributed by atoms with Gasteiger partial charge >= 0.3 is 0 Å². The summed E-state index contributed by atoms with van der Waals surface area (Å²) >= 11 is 9.51. The maximum atomic E-state index is 12.4. The highest BCUT2D eigenvalue weighted by Crippen LogP contribution is 2.27. The molecular weight excluding hydrogens is 316 g/mol. The molecule has 1 aromatic carbocycles. The first-order valence-electron chi connectivity index (χ1n) is 6.03. The topological polar surface area (TPSA) is 32.3 Å². The molecular formula is C13H16BrClN2O. The van der Waals surface area contributed by atoms with Gasteiger partial charge < -0.3 is 10.2 Å². The predicted molar refractivity (Wildman–Crippen MR) is 77.1 cm³/mol. The lowest BCUT2D eigenvalue weighted by Gasteiger charge is -2.32. The van der Waals surface area contributed by atoms with Crippen LogP contribution in [0.15, 0.2) is 22.7 Å². The van der Waals surface area contributed by atoms with Gasteiger partial charge in [0.15, 0.2) is 0 Å². The molecule has 0 bridgehead atoms. The van der Waals surface area contributed by atoms with Crippen LogP contribution in [0.4, 0.5) is 0 Å². The molecule has 3 nitrogen and oxygen atoms in total. The van der Waals surface area contributed by atoms with E-state index < -0.39 is 0 Å². The lowest BCUT2D eigenvalue weighted by Crippen LogP contribution is -2.46. The van der Waals surface area contributed by atoms with Crippen molar-refractivity contribution in [3.05, 3.63) is 33.3 Å². The predicted octanol–water partition coefficient (Wildman–Crippen LogP) is 2.93. The Morgan fingerprint density at radius 3 is 3.00 bits per heavy atom. The maximum Gasteiger partial charge on any atom is 0.255 e. The standard InChI is InChI=1S/C13H16BrClN2O/c1-17(9-4-3-7-16-8-9)13(18)10-5-2-6-11(14)12(10)15/h2,5-6,9,16H,3-4,7-8H2,1H3. The zero-order chi connectivity index (χ0) is 13.1. The molecule has 1 aromatic rings. The van der Waals surface area contributed by atoms with Crippen LogP contribution in [0.1, 0.15) is 23.2 Å². The zero-order valence-corrected chi connectivity index (χ0v) is 12.6. The van der Waals surface area contributed by atoms with Gasteiger partial charge in [0, 0.05) is 24.1 Å². The van der Waals surface area contributed by atoms with Gasteiger partial charge in [0.25, 0.3) is 5.91 Å². The third-order valence-electron chi connectivity index (χ3n) is 3.32. The summed E-state index contributed by atoms with van der Waals surface area (Å²) in [4.78, 5) is 14.2. The van der Waals surface area contributed by atoms with Gasteiger partial charge in [-0.2, -0.15) is 0 Å². The second kappa shape index (κ2) is 6.04. The van der Waals surface area contributed by atoms with Crippen LogP contribution < -0.4 is 5.32 Å². The van der Waals surface area contributed by atoms with Crippen LogP contribution in [0, 0.1) is 0 Å². The minimum Gasteiger partial charge on any atom is -0.337 e. The summed E-state index contributed by atoms with van der Waals surface area (Å²) in [6.45, 7) is 1.89.